The third-order valence-corrected chi connectivity index (χ3v) is 3.27. The van der Waals surface area contributed by atoms with Gasteiger partial charge in [0.2, 0.25) is 0 Å². The molecule has 0 spiro atoms. The van der Waals surface area contributed by atoms with Gasteiger partial charge in [-0.25, -0.2) is 0 Å². The molecule has 0 radical (unpaired) electrons. The van der Waals surface area contributed by atoms with Crippen LogP contribution in [0.25, 0.3) is 0 Å². The summed E-state index contributed by atoms with van der Waals surface area (Å²) in [5.74, 6) is 0. The van der Waals surface area contributed by atoms with Crippen molar-refractivity contribution in [1.29, 1.82) is 0 Å². The van der Waals surface area contributed by atoms with E-state index in [2.05, 4.69) is 22.4 Å². The van der Waals surface area contributed by atoms with Crippen molar-refractivity contribution in [1.82, 2.24) is 20.0 Å². The molecule has 2 heterocycles. The average molecular weight is 222 g/mol. The largest absolute Gasteiger partial charge is 0.314 e. The van der Waals surface area contributed by atoms with Crippen molar-refractivity contribution in [3.8, 4) is 0 Å². The molecule has 4 nitrogen and oxygen atoms in total. The Morgan fingerprint density at radius 1 is 1.38 bits per heavy atom. The van der Waals surface area contributed by atoms with Gasteiger partial charge in [0.1, 0.15) is 0 Å². The van der Waals surface area contributed by atoms with Gasteiger partial charge in [0.05, 0.1) is 0 Å². The zero-order valence-corrected chi connectivity index (χ0v) is 10.1. The van der Waals surface area contributed by atoms with Crippen LogP contribution in [-0.2, 0) is 6.54 Å². The van der Waals surface area contributed by atoms with Crippen LogP contribution < -0.4 is 5.32 Å². The first-order chi connectivity index (χ1) is 7.84. The van der Waals surface area contributed by atoms with Gasteiger partial charge in [-0.1, -0.05) is 0 Å². The van der Waals surface area contributed by atoms with Crippen molar-refractivity contribution in [2.45, 2.75) is 31.8 Å². The minimum Gasteiger partial charge on any atom is -0.314 e. The van der Waals surface area contributed by atoms with E-state index >= 15 is 0 Å². The molecule has 4 heteroatoms. The van der Waals surface area contributed by atoms with Crippen molar-refractivity contribution < 1.29 is 0 Å². The molecular formula is C12H22N4. The van der Waals surface area contributed by atoms with Crippen LogP contribution in [0.4, 0.5) is 0 Å². The van der Waals surface area contributed by atoms with Crippen LogP contribution >= 0.6 is 0 Å². The Hall–Kier alpha value is -0.870. The van der Waals surface area contributed by atoms with Crippen LogP contribution in [0.15, 0.2) is 18.5 Å². The van der Waals surface area contributed by atoms with Gasteiger partial charge < -0.3 is 10.2 Å². The Balaban J connectivity index is 1.55. The van der Waals surface area contributed by atoms with E-state index in [-0.39, 0.29) is 0 Å². The molecule has 1 N–H and O–H groups in total. The molecule has 0 aliphatic carbocycles. The molecule has 2 rings (SSSR count). The SMILES string of the molecule is CN1CCC(NCCCn2cccn2)CC1. The maximum atomic E-state index is 4.19. The summed E-state index contributed by atoms with van der Waals surface area (Å²) in [4.78, 5) is 2.40. The van der Waals surface area contributed by atoms with Gasteiger partial charge in [0.15, 0.2) is 0 Å². The third-order valence-electron chi connectivity index (χ3n) is 3.27. The molecule has 1 fully saturated rings. The summed E-state index contributed by atoms with van der Waals surface area (Å²) in [6, 6.07) is 2.71. The fourth-order valence-electron chi connectivity index (χ4n) is 2.19. The van der Waals surface area contributed by atoms with Crippen LogP contribution in [-0.4, -0.2) is 47.4 Å². The number of rotatable bonds is 5. The van der Waals surface area contributed by atoms with E-state index in [4.69, 9.17) is 0 Å². The van der Waals surface area contributed by atoms with E-state index < -0.39 is 0 Å². The van der Waals surface area contributed by atoms with Crippen LogP contribution in [0, 0.1) is 0 Å². The lowest BCUT2D eigenvalue weighted by molar-refractivity contribution is 0.234. The molecule has 1 saturated heterocycles. The molecule has 0 bridgehead atoms. The molecule has 0 aromatic carbocycles. The summed E-state index contributed by atoms with van der Waals surface area (Å²) >= 11 is 0. The normalized spacial score (nSPS) is 19.1. The molecule has 1 aliphatic heterocycles. The van der Waals surface area contributed by atoms with E-state index in [1.165, 1.54) is 25.9 Å². The number of likely N-dealkylation sites (tertiary alicyclic amines) is 1. The highest BCUT2D eigenvalue weighted by Crippen LogP contribution is 2.07. The first-order valence-electron chi connectivity index (χ1n) is 6.24. The minimum atomic E-state index is 0.730. The summed E-state index contributed by atoms with van der Waals surface area (Å²) < 4.78 is 2.00. The number of aryl methyl sites for hydroxylation is 1. The van der Waals surface area contributed by atoms with Crippen molar-refractivity contribution in [3.63, 3.8) is 0 Å². The van der Waals surface area contributed by atoms with Crippen LogP contribution in [0.2, 0.25) is 0 Å². The predicted molar refractivity (Wildman–Crippen MR) is 65.4 cm³/mol. The van der Waals surface area contributed by atoms with Gasteiger partial charge in [-0.2, -0.15) is 5.10 Å². The van der Waals surface area contributed by atoms with Gasteiger partial charge in [0.25, 0.3) is 0 Å². The molecule has 90 valence electrons. The predicted octanol–water partition coefficient (Wildman–Crippen LogP) is 0.957. The molecule has 0 saturated carbocycles. The van der Waals surface area contributed by atoms with Gasteiger partial charge in [-0.15, -0.1) is 0 Å². The summed E-state index contributed by atoms with van der Waals surface area (Å²) in [7, 11) is 2.20. The zero-order valence-electron chi connectivity index (χ0n) is 10.1. The number of hydrogen-bond donors (Lipinski definition) is 1. The lowest BCUT2D eigenvalue weighted by Crippen LogP contribution is -2.41. The molecule has 0 atom stereocenters. The van der Waals surface area contributed by atoms with Crippen molar-refractivity contribution in [2.75, 3.05) is 26.7 Å². The maximum Gasteiger partial charge on any atom is 0.0489 e. The topological polar surface area (TPSA) is 33.1 Å². The van der Waals surface area contributed by atoms with Crippen molar-refractivity contribution in [2.24, 2.45) is 0 Å². The number of hydrogen-bond acceptors (Lipinski definition) is 3. The second kappa shape index (κ2) is 6.01. The van der Waals surface area contributed by atoms with E-state index in [0.717, 1.165) is 25.6 Å². The van der Waals surface area contributed by atoms with Crippen molar-refractivity contribution >= 4 is 0 Å². The zero-order chi connectivity index (χ0) is 11.2. The van der Waals surface area contributed by atoms with E-state index in [1.807, 2.05) is 23.1 Å². The maximum absolute atomic E-state index is 4.19. The van der Waals surface area contributed by atoms with E-state index in [0.29, 0.717) is 0 Å². The third kappa shape index (κ3) is 3.61. The molecule has 1 aromatic heterocycles. The summed E-state index contributed by atoms with van der Waals surface area (Å²) in [6.45, 7) is 4.59. The fraction of sp³-hybridized carbons (Fsp3) is 0.750. The summed E-state index contributed by atoms with van der Waals surface area (Å²) in [5, 5.41) is 7.83. The van der Waals surface area contributed by atoms with Gasteiger partial charge in [-0.3, -0.25) is 4.68 Å². The second-order valence-corrected chi connectivity index (χ2v) is 4.65. The lowest BCUT2D eigenvalue weighted by atomic mass is 10.1. The molecule has 1 aliphatic rings. The molecule has 16 heavy (non-hydrogen) atoms. The first-order valence-corrected chi connectivity index (χ1v) is 6.24. The highest BCUT2D eigenvalue weighted by atomic mass is 15.3. The minimum absolute atomic E-state index is 0.730. The Morgan fingerprint density at radius 3 is 2.88 bits per heavy atom. The Labute approximate surface area is 97.6 Å². The quantitative estimate of drug-likeness (QED) is 0.753. The Morgan fingerprint density at radius 2 is 2.19 bits per heavy atom. The van der Waals surface area contributed by atoms with E-state index in [9.17, 15) is 0 Å². The first kappa shape index (κ1) is 11.6. The Kier molecular flexibility index (Phi) is 4.36. The fourth-order valence-corrected chi connectivity index (χ4v) is 2.19. The molecule has 0 amide bonds. The Bertz CT molecular complexity index is 275. The number of nitrogens with zero attached hydrogens (tertiary/aromatic N) is 3. The highest BCUT2D eigenvalue weighted by Gasteiger charge is 2.15. The molecule has 1 aromatic rings. The summed E-state index contributed by atoms with van der Waals surface area (Å²) in [5.41, 5.74) is 0. The van der Waals surface area contributed by atoms with Gasteiger partial charge in [0, 0.05) is 25.0 Å². The van der Waals surface area contributed by atoms with Gasteiger partial charge in [-0.05, 0) is 52.0 Å². The van der Waals surface area contributed by atoms with Crippen molar-refractivity contribution in [3.05, 3.63) is 18.5 Å². The van der Waals surface area contributed by atoms with Crippen LogP contribution in [0.5, 0.6) is 0 Å². The number of nitrogens with one attached hydrogen (secondary N) is 1. The van der Waals surface area contributed by atoms with Crippen LogP contribution in [0.1, 0.15) is 19.3 Å². The summed E-state index contributed by atoms with van der Waals surface area (Å²) in [6.07, 6.45) is 7.60. The van der Waals surface area contributed by atoms with E-state index in [1.54, 1.807) is 0 Å². The highest BCUT2D eigenvalue weighted by molar-refractivity contribution is 4.78. The standard InChI is InChI=1S/C12H22N4/c1-15-10-4-12(5-11-15)13-6-2-8-16-9-3-7-14-16/h3,7,9,12-13H,2,4-6,8,10-11H2,1H3. The van der Waals surface area contributed by atoms with Crippen LogP contribution in [0.3, 0.4) is 0 Å². The molecule has 0 unspecified atom stereocenters. The number of piperidine rings is 1. The lowest BCUT2D eigenvalue weighted by Gasteiger charge is -2.29. The van der Waals surface area contributed by atoms with Gasteiger partial charge >= 0.3 is 0 Å². The smallest absolute Gasteiger partial charge is 0.0489 e. The number of aromatic nitrogens is 2. The second-order valence-electron chi connectivity index (χ2n) is 4.65. The average Bonchev–Trinajstić information content (AvgIpc) is 2.80. The molecular weight excluding hydrogens is 200 g/mol. The monoisotopic (exact) mass is 222 g/mol.